The molecule has 3 aliphatic rings. The summed E-state index contributed by atoms with van der Waals surface area (Å²) >= 11 is 0. The first kappa shape index (κ1) is 14.8. The van der Waals surface area contributed by atoms with E-state index in [1.807, 2.05) is 16.7 Å². The maximum absolute atomic E-state index is 12.7. The maximum Gasteiger partial charge on any atom is 0.245 e. The molecule has 0 radical (unpaired) electrons. The zero-order chi connectivity index (χ0) is 14.8. The molecule has 3 atom stereocenters. The van der Waals surface area contributed by atoms with Crippen LogP contribution in [-0.2, 0) is 14.3 Å². The van der Waals surface area contributed by atoms with Gasteiger partial charge in [0.15, 0.2) is 0 Å². The number of amides is 2. The zero-order valence-electron chi connectivity index (χ0n) is 12.7. The second-order valence-electron chi connectivity index (χ2n) is 6.34. The van der Waals surface area contributed by atoms with Gasteiger partial charge in [0.1, 0.15) is 6.04 Å². The first-order chi connectivity index (χ1) is 10.2. The lowest BCUT2D eigenvalue weighted by atomic mass is 10.0. The number of carbonyl (C=O) groups excluding carboxylic acids is 2. The van der Waals surface area contributed by atoms with E-state index in [0.717, 1.165) is 45.4 Å². The minimum absolute atomic E-state index is 0.0589. The highest BCUT2D eigenvalue weighted by Crippen LogP contribution is 2.27. The minimum Gasteiger partial charge on any atom is -0.378 e. The molecule has 0 aliphatic carbocycles. The number of hydrogen-bond acceptors (Lipinski definition) is 4. The standard InChI is InChI=1S/C15H25N3O3/c1-11-9-12(10-21-11)14(19)18-6-2-3-13(18)15(20)17-7-4-16-5-8-17/h11-13,16H,2-10H2,1H3. The summed E-state index contributed by atoms with van der Waals surface area (Å²) in [5.74, 6) is 0.191. The van der Waals surface area contributed by atoms with Crippen LogP contribution in [0.1, 0.15) is 26.2 Å². The van der Waals surface area contributed by atoms with Crippen molar-refractivity contribution in [3.63, 3.8) is 0 Å². The van der Waals surface area contributed by atoms with Crippen LogP contribution in [0.3, 0.4) is 0 Å². The average molecular weight is 295 g/mol. The smallest absolute Gasteiger partial charge is 0.245 e. The first-order valence-corrected chi connectivity index (χ1v) is 8.08. The van der Waals surface area contributed by atoms with Gasteiger partial charge in [-0.2, -0.15) is 0 Å². The molecule has 0 spiro atoms. The van der Waals surface area contributed by atoms with Gasteiger partial charge >= 0.3 is 0 Å². The molecule has 3 unspecified atom stereocenters. The number of nitrogens with one attached hydrogen (secondary N) is 1. The monoisotopic (exact) mass is 295 g/mol. The molecule has 6 heteroatoms. The molecule has 1 N–H and O–H groups in total. The van der Waals surface area contributed by atoms with E-state index in [9.17, 15) is 9.59 Å². The number of carbonyl (C=O) groups is 2. The number of ether oxygens (including phenoxy) is 1. The highest BCUT2D eigenvalue weighted by Gasteiger charge is 2.40. The fraction of sp³-hybridized carbons (Fsp3) is 0.867. The zero-order valence-corrected chi connectivity index (χ0v) is 12.7. The van der Waals surface area contributed by atoms with Crippen molar-refractivity contribution in [2.75, 3.05) is 39.3 Å². The second kappa shape index (κ2) is 6.32. The van der Waals surface area contributed by atoms with Gasteiger partial charge in [0.25, 0.3) is 0 Å². The third kappa shape index (κ3) is 3.06. The molecule has 0 aromatic carbocycles. The number of likely N-dealkylation sites (tertiary alicyclic amines) is 1. The average Bonchev–Trinajstić information content (AvgIpc) is 3.15. The maximum atomic E-state index is 12.7. The van der Waals surface area contributed by atoms with Crippen LogP contribution in [-0.4, -0.2) is 73.1 Å². The molecule has 6 nitrogen and oxygen atoms in total. The van der Waals surface area contributed by atoms with Gasteiger partial charge in [-0.3, -0.25) is 9.59 Å². The van der Waals surface area contributed by atoms with Crippen molar-refractivity contribution in [2.45, 2.75) is 38.3 Å². The fourth-order valence-electron chi connectivity index (χ4n) is 3.61. The summed E-state index contributed by atoms with van der Waals surface area (Å²) in [6, 6.07) is -0.244. The molecule has 0 saturated carbocycles. The van der Waals surface area contributed by atoms with Gasteiger partial charge in [0.05, 0.1) is 18.6 Å². The molecule has 0 aromatic rings. The number of nitrogens with zero attached hydrogens (tertiary/aromatic N) is 2. The molecular weight excluding hydrogens is 270 g/mol. The van der Waals surface area contributed by atoms with Crippen molar-refractivity contribution in [1.82, 2.24) is 15.1 Å². The van der Waals surface area contributed by atoms with E-state index in [2.05, 4.69) is 5.32 Å². The van der Waals surface area contributed by atoms with Crippen LogP contribution < -0.4 is 5.32 Å². The Morgan fingerprint density at radius 3 is 2.57 bits per heavy atom. The van der Waals surface area contributed by atoms with Crippen LogP contribution in [0.25, 0.3) is 0 Å². The lowest BCUT2D eigenvalue weighted by Gasteiger charge is -2.33. The predicted molar refractivity (Wildman–Crippen MR) is 77.7 cm³/mol. The summed E-state index contributed by atoms with van der Waals surface area (Å²) in [6.45, 7) is 6.42. The molecule has 3 rings (SSSR count). The van der Waals surface area contributed by atoms with Crippen molar-refractivity contribution in [2.24, 2.45) is 5.92 Å². The summed E-state index contributed by atoms with van der Waals surface area (Å²) < 4.78 is 5.51. The van der Waals surface area contributed by atoms with E-state index in [1.54, 1.807) is 0 Å². The highest BCUT2D eigenvalue weighted by molar-refractivity contribution is 5.89. The largest absolute Gasteiger partial charge is 0.378 e. The van der Waals surface area contributed by atoms with Crippen LogP contribution in [0.5, 0.6) is 0 Å². The van der Waals surface area contributed by atoms with Crippen molar-refractivity contribution in [3.8, 4) is 0 Å². The van der Waals surface area contributed by atoms with Gasteiger partial charge < -0.3 is 19.9 Å². The summed E-state index contributed by atoms with van der Waals surface area (Å²) in [4.78, 5) is 29.0. The Morgan fingerprint density at radius 2 is 1.90 bits per heavy atom. The van der Waals surface area contributed by atoms with Crippen molar-refractivity contribution < 1.29 is 14.3 Å². The van der Waals surface area contributed by atoms with E-state index in [1.165, 1.54) is 0 Å². The SMILES string of the molecule is CC1CC(C(=O)N2CCCC2C(=O)N2CCNCC2)CO1. The van der Waals surface area contributed by atoms with Gasteiger partial charge in [-0.05, 0) is 26.2 Å². The molecule has 21 heavy (non-hydrogen) atoms. The van der Waals surface area contributed by atoms with Crippen LogP contribution in [0.2, 0.25) is 0 Å². The Balaban J connectivity index is 1.64. The number of piperazine rings is 1. The van der Waals surface area contributed by atoms with Crippen molar-refractivity contribution in [3.05, 3.63) is 0 Å². The van der Waals surface area contributed by atoms with E-state index in [-0.39, 0.29) is 29.9 Å². The molecule has 0 aromatic heterocycles. The lowest BCUT2D eigenvalue weighted by Crippen LogP contribution is -2.54. The first-order valence-electron chi connectivity index (χ1n) is 8.08. The Hall–Kier alpha value is -1.14. The predicted octanol–water partition coefficient (Wildman–Crippen LogP) is -0.166. The van der Waals surface area contributed by atoms with Crippen LogP contribution in [0.4, 0.5) is 0 Å². The second-order valence-corrected chi connectivity index (χ2v) is 6.34. The van der Waals surface area contributed by atoms with E-state index < -0.39 is 0 Å². The quantitative estimate of drug-likeness (QED) is 0.768. The van der Waals surface area contributed by atoms with Crippen molar-refractivity contribution >= 4 is 11.8 Å². The van der Waals surface area contributed by atoms with E-state index >= 15 is 0 Å². The van der Waals surface area contributed by atoms with Crippen molar-refractivity contribution in [1.29, 1.82) is 0 Å². The molecule has 3 saturated heterocycles. The summed E-state index contributed by atoms with van der Waals surface area (Å²) in [5.41, 5.74) is 0. The molecule has 118 valence electrons. The van der Waals surface area contributed by atoms with Crippen LogP contribution in [0, 0.1) is 5.92 Å². The third-order valence-electron chi connectivity index (χ3n) is 4.80. The molecule has 2 amide bonds. The molecule has 0 bridgehead atoms. The molecule has 3 aliphatic heterocycles. The van der Waals surface area contributed by atoms with E-state index in [0.29, 0.717) is 13.2 Å². The number of rotatable bonds is 2. The van der Waals surface area contributed by atoms with Gasteiger partial charge in [0, 0.05) is 32.7 Å². The number of hydrogen-bond donors (Lipinski definition) is 1. The Labute approximate surface area is 125 Å². The van der Waals surface area contributed by atoms with Crippen LogP contribution in [0.15, 0.2) is 0 Å². The third-order valence-corrected chi connectivity index (χ3v) is 4.80. The Morgan fingerprint density at radius 1 is 1.14 bits per heavy atom. The topological polar surface area (TPSA) is 61.9 Å². The van der Waals surface area contributed by atoms with Gasteiger partial charge in [0.2, 0.25) is 11.8 Å². The van der Waals surface area contributed by atoms with Gasteiger partial charge in [-0.25, -0.2) is 0 Å². The molecule has 3 fully saturated rings. The summed E-state index contributed by atoms with van der Waals surface area (Å²) in [5, 5.41) is 3.25. The van der Waals surface area contributed by atoms with E-state index in [4.69, 9.17) is 4.74 Å². The van der Waals surface area contributed by atoms with Gasteiger partial charge in [-0.1, -0.05) is 0 Å². The minimum atomic E-state index is -0.244. The molecular formula is C15H25N3O3. The van der Waals surface area contributed by atoms with Crippen LogP contribution >= 0.6 is 0 Å². The highest BCUT2D eigenvalue weighted by atomic mass is 16.5. The Bertz CT molecular complexity index is 386. The summed E-state index contributed by atoms with van der Waals surface area (Å²) in [7, 11) is 0. The molecule has 3 heterocycles. The Kier molecular flexibility index (Phi) is 4.45. The normalized spacial score (nSPS) is 33.5. The summed E-state index contributed by atoms with van der Waals surface area (Å²) in [6.07, 6.45) is 2.67. The fourth-order valence-corrected chi connectivity index (χ4v) is 3.61. The van der Waals surface area contributed by atoms with Gasteiger partial charge in [-0.15, -0.1) is 0 Å². The lowest BCUT2D eigenvalue weighted by molar-refractivity contribution is -0.146.